The van der Waals surface area contributed by atoms with Crippen LogP contribution in [0.25, 0.3) is 0 Å². The summed E-state index contributed by atoms with van der Waals surface area (Å²) < 4.78 is 34.3. The summed E-state index contributed by atoms with van der Waals surface area (Å²) in [6, 6.07) is 1.90. The van der Waals surface area contributed by atoms with E-state index < -0.39 is 10.0 Å². The maximum absolute atomic E-state index is 12.5. The lowest BCUT2D eigenvalue weighted by Gasteiger charge is -2.23. The Morgan fingerprint density at radius 3 is 2.77 bits per heavy atom. The molecule has 0 aromatic carbocycles. The van der Waals surface area contributed by atoms with Crippen LogP contribution in [0.4, 0.5) is 0 Å². The highest BCUT2D eigenvalue weighted by Crippen LogP contribution is 2.29. The van der Waals surface area contributed by atoms with E-state index >= 15 is 0 Å². The molecule has 1 fully saturated rings. The number of sulfonamides is 1. The predicted molar refractivity (Wildman–Crippen MR) is 83.7 cm³/mol. The van der Waals surface area contributed by atoms with Gasteiger partial charge in [-0.1, -0.05) is 6.92 Å². The van der Waals surface area contributed by atoms with Gasteiger partial charge in [-0.05, 0) is 31.2 Å². The molecule has 0 amide bonds. The third kappa shape index (κ3) is 3.88. The van der Waals surface area contributed by atoms with Crippen molar-refractivity contribution in [3.8, 4) is 0 Å². The molecule has 1 aliphatic heterocycles. The van der Waals surface area contributed by atoms with Gasteiger partial charge in [-0.2, -0.15) is 9.40 Å². The summed E-state index contributed by atoms with van der Waals surface area (Å²) in [5.41, 5.74) is 0.962. The quantitative estimate of drug-likeness (QED) is 0.761. The van der Waals surface area contributed by atoms with E-state index in [4.69, 9.17) is 4.74 Å². The fourth-order valence-corrected chi connectivity index (χ4v) is 4.43. The fraction of sp³-hybridized carbons (Fsp3) is 0.800. The summed E-state index contributed by atoms with van der Waals surface area (Å²) in [4.78, 5) is 0. The zero-order valence-corrected chi connectivity index (χ0v) is 14.0. The summed E-state index contributed by atoms with van der Waals surface area (Å²) in [6.45, 7) is 4.98. The van der Waals surface area contributed by atoms with Crippen LogP contribution in [0.5, 0.6) is 0 Å². The van der Waals surface area contributed by atoms with Gasteiger partial charge < -0.3 is 4.74 Å². The van der Waals surface area contributed by atoms with Crippen LogP contribution in [0.2, 0.25) is 0 Å². The minimum Gasteiger partial charge on any atom is -0.381 e. The first-order valence-corrected chi connectivity index (χ1v) is 9.75. The zero-order valence-electron chi connectivity index (χ0n) is 13.1. The zero-order chi connectivity index (χ0) is 15.6. The standard InChI is InChI=1S/C15H25N3O3S/c1-2-7-22(19,20)17-8-14(12-21-11-13-3-4-13)9-18-15(10-17)5-6-16-18/h5-6,13-14H,2-4,7-12H2,1H3/t14-/m0/s1. The Kier molecular flexibility index (Phi) is 4.84. The van der Waals surface area contributed by atoms with Crippen LogP contribution in [0.3, 0.4) is 0 Å². The summed E-state index contributed by atoms with van der Waals surface area (Å²) in [5, 5.41) is 4.32. The van der Waals surface area contributed by atoms with Gasteiger partial charge in [0.25, 0.3) is 0 Å². The number of hydrogen-bond acceptors (Lipinski definition) is 4. The molecule has 0 bridgehead atoms. The third-order valence-corrected chi connectivity index (χ3v) is 6.28. The summed E-state index contributed by atoms with van der Waals surface area (Å²) in [6.07, 6.45) is 4.92. The van der Waals surface area contributed by atoms with Crippen LogP contribution in [0, 0.1) is 11.8 Å². The van der Waals surface area contributed by atoms with Crippen molar-refractivity contribution in [3.63, 3.8) is 0 Å². The molecule has 124 valence electrons. The number of fused-ring (bicyclic) bond motifs is 1. The highest BCUT2D eigenvalue weighted by molar-refractivity contribution is 7.89. The highest BCUT2D eigenvalue weighted by atomic mass is 32.2. The summed E-state index contributed by atoms with van der Waals surface area (Å²) in [7, 11) is -3.20. The topological polar surface area (TPSA) is 64.4 Å². The van der Waals surface area contributed by atoms with Gasteiger partial charge in [-0.3, -0.25) is 4.68 Å². The number of rotatable bonds is 7. The molecule has 0 saturated heterocycles. The van der Waals surface area contributed by atoms with Crippen molar-refractivity contribution >= 4 is 10.0 Å². The van der Waals surface area contributed by atoms with E-state index in [2.05, 4.69) is 5.10 Å². The second kappa shape index (κ2) is 6.68. The second-order valence-corrected chi connectivity index (χ2v) is 8.55. The molecule has 1 aliphatic carbocycles. The average Bonchev–Trinajstić information content (AvgIpc) is 3.22. The Hall–Kier alpha value is -0.920. The lowest BCUT2D eigenvalue weighted by molar-refractivity contribution is 0.0797. The third-order valence-electron chi connectivity index (χ3n) is 4.30. The van der Waals surface area contributed by atoms with Crippen molar-refractivity contribution in [3.05, 3.63) is 18.0 Å². The highest BCUT2D eigenvalue weighted by Gasteiger charge is 2.30. The monoisotopic (exact) mass is 327 g/mol. The molecule has 0 N–H and O–H groups in total. The van der Waals surface area contributed by atoms with Crippen LogP contribution < -0.4 is 0 Å². The molecule has 2 heterocycles. The molecule has 0 spiro atoms. The molecular formula is C15H25N3O3S. The van der Waals surface area contributed by atoms with Gasteiger partial charge in [-0.25, -0.2) is 8.42 Å². The number of nitrogens with zero attached hydrogens (tertiary/aromatic N) is 3. The second-order valence-electron chi connectivity index (χ2n) is 6.46. The van der Waals surface area contributed by atoms with Crippen LogP contribution in [-0.2, 0) is 27.8 Å². The van der Waals surface area contributed by atoms with Gasteiger partial charge in [0.15, 0.2) is 0 Å². The molecule has 1 aromatic heterocycles. The fourth-order valence-electron chi connectivity index (χ4n) is 2.88. The minimum absolute atomic E-state index is 0.159. The smallest absolute Gasteiger partial charge is 0.214 e. The van der Waals surface area contributed by atoms with Gasteiger partial charge in [0.1, 0.15) is 0 Å². The molecule has 1 aromatic rings. The van der Waals surface area contributed by atoms with Crippen molar-refractivity contribution in [1.82, 2.24) is 14.1 Å². The van der Waals surface area contributed by atoms with Gasteiger partial charge >= 0.3 is 0 Å². The van der Waals surface area contributed by atoms with Crippen molar-refractivity contribution in [2.75, 3.05) is 25.5 Å². The molecule has 1 atom stereocenters. The van der Waals surface area contributed by atoms with E-state index in [0.29, 0.717) is 26.1 Å². The lowest BCUT2D eigenvalue weighted by atomic mass is 10.1. The van der Waals surface area contributed by atoms with Crippen molar-refractivity contribution in [2.45, 2.75) is 39.3 Å². The first-order valence-electron chi connectivity index (χ1n) is 8.14. The van der Waals surface area contributed by atoms with Gasteiger partial charge in [-0.15, -0.1) is 0 Å². The average molecular weight is 327 g/mol. The van der Waals surface area contributed by atoms with Crippen LogP contribution in [0.1, 0.15) is 31.9 Å². The molecule has 0 radical (unpaired) electrons. The lowest BCUT2D eigenvalue weighted by Crippen LogP contribution is -2.36. The maximum Gasteiger partial charge on any atom is 0.214 e. The number of hydrogen-bond donors (Lipinski definition) is 0. The molecule has 7 heteroatoms. The molecular weight excluding hydrogens is 302 g/mol. The largest absolute Gasteiger partial charge is 0.381 e. The van der Waals surface area contributed by atoms with E-state index in [1.165, 1.54) is 12.8 Å². The summed E-state index contributed by atoms with van der Waals surface area (Å²) in [5.74, 6) is 1.09. The molecule has 0 unspecified atom stereocenters. The Morgan fingerprint density at radius 1 is 1.27 bits per heavy atom. The van der Waals surface area contributed by atoms with Gasteiger partial charge in [0, 0.05) is 31.8 Å². The van der Waals surface area contributed by atoms with Crippen molar-refractivity contribution < 1.29 is 13.2 Å². The predicted octanol–water partition coefficient (Wildman–Crippen LogP) is 1.48. The Labute approximate surface area is 132 Å². The molecule has 1 saturated carbocycles. The van der Waals surface area contributed by atoms with E-state index in [-0.39, 0.29) is 11.7 Å². The maximum atomic E-state index is 12.5. The first kappa shape index (κ1) is 16.0. The molecule has 22 heavy (non-hydrogen) atoms. The van der Waals surface area contributed by atoms with E-state index in [1.54, 1.807) is 10.5 Å². The number of aromatic nitrogens is 2. The molecule has 2 aliphatic rings. The van der Waals surface area contributed by atoms with Crippen LogP contribution in [0.15, 0.2) is 12.3 Å². The van der Waals surface area contributed by atoms with Gasteiger partial charge in [0.05, 0.1) is 24.6 Å². The molecule has 6 nitrogen and oxygen atoms in total. The molecule has 3 rings (SSSR count). The minimum atomic E-state index is -3.20. The van der Waals surface area contributed by atoms with E-state index in [0.717, 1.165) is 24.8 Å². The Bertz CT molecular complexity index is 595. The van der Waals surface area contributed by atoms with Crippen LogP contribution in [-0.4, -0.2) is 48.0 Å². The number of ether oxygens (including phenoxy) is 1. The SMILES string of the molecule is CCCS(=O)(=O)N1Cc2ccnn2C[C@@H](COCC2CC2)C1. The van der Waals surface area contributed by atoms with Crippen molar-refractivity contribution in [2.24, 2.45) is 11.8 Å². The van der Waals surface area contributed by atoms with E-state index in [1.807, 2.05) is 17.7 Å². The van der Waals surface area contributed by atoms with Crippen LogP contribution >= 0.6 is 0 Å². The first-order chi connectivity index (χ1) is 10.6. The van der Waals surface area contributed by atoms with Crippen molar-refractivity contribution in [1.29, 1.82) is 0 Å². The Morgan fingerprint density at radius 2 is 2.05 bits per heavy atom. The van der Waals surface area contributed by atoms with E-state index in [9.17, 15) is 8.42 Å². The van der Waals surface area contributed by atoms with Gasteiger partial charge in [0.2, 0.25) is 10.0 Å². The Balaban J connectivity index is 1.70. The normalized spacial score (nSPS) is 23.2. The summed E-state index contributed by atoms with van der Waals surface area (Å²) >= 11 is 0.